The molecular formula is C97H136N28O15. The normalized spacial score (nSPS) is 25.6. The van der Waals surface area contributed by atoms with Crippen LogP contribution in [0.2, 0.25) is 0 Å². The lowest BCUT2D eigenvalue weighted by Crippen LogP contribution is -2.46. The van der Waals surface area contributed by atoms with Gasteiger partial charge in [-0.15, -0.1) is 0 Å². The number of anilines is 4. The van der Waals surface area contributed by atoms with Gasteiger partial charge in [-0.1, -0.05) is 106 Å². The molecule has 43 heteroatoms. The number of nitrogens with zero attached hydrogens (tertiary/aromatic N) is 19. The number of benzene rings is 3. The molecule has 8 aliphatic rings. The van der Waals surface area contributed by atoms with Gasteiger partial charge in [0.1, 0.15) is 121 Å². The fourth-order valence-electron chi connectivity index (χ4n) is 19.1. The Kier molecular flexibility index (Phi) is 31.4. The van der Waals surface area contributed by atoms with Gasteiger partial charge in [0.2, 0.25) is 5.91 Å². The zero-order valence-electron chi connectivity index (χ0n) is 82.8. The molecule has 8 aliphatic heterocycles. The van der Waals surface area contributed by atoms with E-state index in [1.807, 2.05) is 146 Å². The molecular weight excluding hydrogens is 1800 g/mol. The number of nitrogens with one attached hydrogen (secondary N) is 4. The lowest BCUT2D eigenvalue weighted by Gasteiger charge is -2.31. The van der Waals surface area contributed by atoms with Crippen molar-refractivity contribution in [3.63, 3.8) is 0 Å². The van der Waals surface area contributed by atoms with Gasteiger partial charge in [-0.25, -0.2) is 59.8 Å². The molecule has 8 aromatic heterocycles. The van der Waals surface area contributed by atoms with Crippen LogP contribution in [0.3, 0.4) is 0 Å². The van der Waals surface area contributed by atoms with Gasteiger partial charge in [-0.05, 0) is 113 Å². The number of fused-ring (bicyclic) bond motifs is 8. The van der Waals surface area contributed by atoms with Gasteiger partial charge >= 0.3 is 0 Å². The van der Waals surface area contributed by atoms with Gasteiger partial charge in [-0.2, -0.15) is 0 Å². The molecule has 8 saturated heterocycles. The number of rotatable bonds is 34. The molecule has 16 atom stereocenters. The number of aromatic nitrogens is 16. The molecule has 14 N–H and O–H groups in total. The molecule has 16 heterocycles. The highest BCUT2D eigenvalue weighted by Gasteiger charge is 2.61. The highest BCUT2D eigenvalue weighted by molar-refractivity contribution is 5.98. The Morgan fingerprint density at radius 3 is 1.03 bits per heavy atom. The third kappa shape index (κ3) is 23.4. The Hall–Kier alpha value is -10.9. The average Bonchev–Trinajstić information content (AvgIpc) is 1.60. The summed E-state index contributed by atoms with van der Waals surface area (Å²) in [6.45, 7) is 43.2. The number of nitrogens with two attached hydrogens (primary N) is 5. The summed E-state index contributed by atoms with van der Waals surface area (Å²) in [5.41, 5.74) is 38.0. The predicted molar refractivity (Wildman–Crippen MR) is 521 cm³/mol. The Morgan fingerprint density at radius 2 is 0.693 bits per heavy atom. The summed E-state index contributed by atoms with van der Waals surface area (Å²) in [4.78, 5) is 95.3. The van der Waals surface area contributed by atoms with E-state index in [1.165, 1.54) is 30.9 Å². The third-order valence-electron chi connectivity index (χ3n) is 26.1. The first-order valence-corrected chi connectivity index (χ1v) is 48.1. The van der Waals surface area contributed by atoms with E-state index >= 15 is 0 Å². The molecule has 43 nitrogen and oxygen atoms in total. The highest BCUT2D eigenvalue weighted by Crippen LogP contribution is 2.49. The van der Waals surface area contributed by atoms with Gasteiger partial charge in [0.05, 0.1) is 44.8 Å². The number of carbonyl (C=O) groups is 3. The molecule has 19 rings (SSSR count). The molecule has 0 radical (unpaired) electrons. The van der Waals surface area contributed by atoms with E-state index in [0.29, 0.717) is 170 Å². The largest absolute Gasteiger partial charge is 0.382 e. The molecule has 140 heavy (non-hydrogen) atoms. The number of ether oxygens (including phenoxy) is 12. The minimum Gasteiger partial charge on any atom is -0.382 e. The number of carbonyl (C=O) groups excluding carboxylic acids is 3. The van der Waals surface area contributed by atoms with Crippen LogP contribution >= 0.6 is 0 Å². The summed E-state index contributed by atoms with van der Waals surface area (Å²) in [6.07, 6.45) is 7.72. The predicted octanol–water partition coefficient (Wildman–Crippen LogP) is 6.58. The van der Waals surface area contributed by atoms with Crippen LogP contribution in [0.25, 0.3) is 44.7 Å². The van der Waals surface area contributed by atoms with E-state index < -0.39 is 48.1 Å². The number of Topliss-reactive ketones (excluding diaryl/α,β-unsaturated/α-hetero) is 2. The van der Waals surface area contributed by atoms with Crippen molar-refractivity contribution < 1.29 is 71.2 Å². The zero-order valence-corrected chi connectivity index (χ0v) is 82.8. The number of nitrogen functional groups attached to an aromatic ring is 4. The summed E-state index contributed by atoms with van der Waals surface area (Å²) >= 11 is 0. The van der Waals surface area contributed by atoms with Crippen molar-refractivity contribution in [2.24, 2.45) is 5.73 Å². The maximum atomic E-state index is 12.7. The van der Waals surface area contributed by atoms with Gasteiger partial charge in [-0.3, -0.25) is 47.4 Å². The first-order chi connectivity index (χ1) is 66.8. The Labute approximate surface area is 813 Å². The zero-order chi connectivity index (χ0) is 99.4. The molecule has 0 bridgehead atoms. The van der Waals surface area contributed by atoms with Crippen molar-refractivity contribution in [3.05, 3.63) is 158 Å². The molecule has 0 spiro atoms. The van der Waals surface area contributed by atoms with E-state index in [1.54, 1.807) is 25.3 Å². The van der Waals surface area contributed by atoms with Crippen LogP contribution in [0.15, 0.2) is 136 Å². The monoisotopic (exact) mass is 1930 g/mol. The van der Waals surface area contributed by atoms with Crippen LogP contribution in [0, 0.1) is 0 Å². The van der Waals surface area contributed by atoms with Crippen molar-refractivity contribution in [3.8, 4) is 0 Å². The third-order valence-corrected chi connectivity index (χ3v) is 26.1. The molecule has 0 aliphatic carbocycles. The average molecular weight is 1930 g/mol. The maximum absolute atomic E-state index is 12.7. The Balaban J connectivity index is 0.000000136. The number of amides is 1. The lowest BCUT2D eigenvalue weighted by atomic mass is 9.86. The van der Waals surface area contributed by atoms with Crippen molar-refractivity contribution in [2.75, 3.05) is 115 Å². The van der Waals surface area contributed by atoms with Gasteiger partial charge in [0, 0.05) is 108 Å². The van der Waals surface area contributed by atoms with Gasteiger partial charge in [0.25, 0.3) is 0 Å². The van der Waals surface area contributed by atoms with Crippen molar-refractivity contribution in [2.45, 2.75) is 269 Å². The molecule has 8 fully saturated rings. The van der Waals surface area contributed by atoms with Crippen LogP contribution in [-0.2, 0) is 73.5 Å². The first kappa shape index (κ1) is 102. The lowest BCUT2D eigenvalue weighted by molar-refractivity contribution is -0.198. The number of hydrogen-bond acceptors (Lipinski definition) is 38. The summed E-state index contributed by atoms with van der Waals surface area (Å²) in [5, 5.41) is 12.9. The van der Waals surface area contributed by atoms with E-state index in [2.05, 4.69) is 170 Å². The van der Waals surface area contributed by atoms with Crippen LogP contribution in [0.4, 0.5) is 23.3 Å². The molecule has 1 amide bonds. The topological polar surface area (TPSA) is 524 Å². The molecule has 754 valence electrons. The van der Waals surface area contributed by atoms with E-state index in [-0.39, 0.29) is 108 Å². The van der Waals surface area contributed by atoms with Crippen molar-refractivity contribution in [1.29, 1.82) is 0 Å². The minimum absolute atomic E-state index is 0.0111. The second kappa shape index (κ2) is 43.1. The smallest absolute Gasteiger partial charge is 0.224 e. The van der Waals surface area contributed by atoms with Crippen LogP contribution in [0.1, 0.15) is 174 Å². The maximum Gasteiger partial charge on any atom is 0.224 e. The number of imidazole rings is 4. The van der Waals surface area contributed by atoms with Crippen LogP contribution in [0.5, 0.6) is 0 Å². The first-order valence-electron chi connectivity index (χ1n) is 48.1. The van der Waals surface area contributed by atoms with E-state index in [9.17, 15) is 14.4 Å². The van der Waals surface area contributed by atoms with Crippen LogP contribution < -0.4 is 49.9 Å². The number of hydrogen-bond donors (Lipinski definition) is 9. The summed E-state index contributed by atoms with van der Waals surface area (Å²) in [6, 6.07) is 27.7. The number of ketones is 2. The molecule has 0 saturated carbocycles. The highest BCUT2D eigenvalue weighted by atomic mass is 16.8. The Bertz CT molecular complexity index is 6020. The standard InChI is InChI=1S/C30H43N7O4.C26H35N7O4.C23H29N7O4.C18H29N7O3/c1-18(2)36(13-12-32-22(38)14-19-8-10-20(11-9-19)29(3,4)5)15-21-24-25(41-30(6,7)40-24)28(39-21)37-17-35-23-26(31)33-16-34-27(23)37;1-16(2)32(11-10-28-12-18(34)17-8-6-5-7-9-17)13-19-21-22(37-26(3,4)36-21)25(35-19)33-15-31-20-23(27)29-14-30-24(20)33;1-23(2)33-18-16(11-26-9-8-25-10-15(31)14-6-4-3-5-7-14)32-22(19(18)34-23)30-13-29-17-20(24)27-12-28-21(17)30;1-10(2)24(6-5-19)7-11-13-14(28-18(3,4)27-13)17(26-11)25-9-23-12-15(20)21-8-22-16(12)25/h8-11,16-18,21,24-25,28H,12-15H2,1-7H3,(H,32,38)(H2,31,33,34);5-9,14-16,19,21-22,25,28H,10-13H2,1-4H3,(H2,27,29,30);3-7,12-13,16,18-19,22,25-26H,8-11H2,1-2H3,(H2,24,27,28);8-11,13-14,17H,5-7,19H2,1-4H3,(H2,20,21,22)/t21-,24-,25-,28-;19-,21-,22-,25-;16-,18-,19-,22-;11-,13-,14-,17-/m1111/s1. The minimum atomic E-state index is -0.748. The SMILES string of the molecule is CC(C)N(CCN)C[C@H]1O[C@@H](n2cnc3c(N)ncnc32)[C@@H]2OC(C)(C)O[C@@H]21.CC(C)N(CCNC(=O)Cc1ccc(C(C)(C)C)cc1)C[C@H]1O[C@@H](n2cnc3c(N)ncnc32)[C@@H]2OC(C)(C)O[C@@H]21.CC(C)N(CCNCC(=O)c1ccccc1)C[C@H]1O[C@@H](n2cnc3c(N)ncnc32)[C@@H]2OC(C)(C)O[C@@H]21.CC1(C)O[C@@H]2[C@H](O1)[C@@H](CNCCNCC(=O)c1ccccc1)O[C@H]2n1cnc2c(N)ncnc21. The second-order valence-electron chi connectivity index (χ2n) is 40.0. The van der Waals surface area contributed by atoms with Gasteiger partial charge < -0.3 is 107 Å². The molecule has 0 unspecified atom stereocenters. The quantitative estimate of drug-likeness (QED) is 0.0152. The Morgan fingerprint density at radius 1 is 0.386 bits per heavy atom. The molecule has 11 aromatic rings. The second-order valence-corrected chi connectivity index (χ2v) is 40.0. The van der Waals surface area contributed by atoms with E-state index in [0.717, 1.165) is 18.7 Å². The van der Waals surface area contributed by atoms with Crippen molar-refractivity contribution >= 4 is 85.4 Å². The summed E-state index contributed by atoms with van der Waals surface area (Å²) in [5.74, 6) is -1.43. The van der Waals surface area contributed by atoms with Crippen LogP contribution in [-0.4, -0.2) is 316 Å². The fourth-order valence-corrected chi connectivity index (χ4v) is 19.1. The summed E-state index contributed by atoms with van der Waals surface area (Å²) in [7, 11) is 0. The summed E-state index contributed by atoms with van der Waals surface area (Å²) < 4.78 is 83.3. The van der Waals surface area contributed by atoms with Gasteiger partial charge in [0.15, 0.2) is 105 Å². The fraction of sp³-hybridized carbons (Fsp3) is 0.577. The molecule has 3 aromatic carbocycles. The van der Waals surface area contributed by atoms with Crippen molar-refractivity contribution in [1.82, 2.24) is 114 Å². The van der Waals surface area contributed by atoms with E-state index in [4.69, 9.17) is 85.5 Å².